The number of para-hydroxylation sites is 1. The normalized spacial score (nSPS) is 14.8. The molecule has 4 rings (SSSR count). The molecule has 0 saturated heterocycles. The monoisotopic (exact) mass is 486 g/mol. The van der Waals surface area contributed by atoms with Gasteiger partial charge in [0.05, 0.1) is 10.5 Å². The summed E-state index contributed by atoms with van der Waals surface area (Å²) in [4.78, 5) is 27.1. The second-order valence-corrected chi connectivity index (χ2v) is 7.06. The summed E-state index contributed by atoms with van der Waals surface area (Å²) < 4.78 is 11.9. The quantitative estimate of drug-likeness (QED) is 0.174. The molecule has 0 fully saturated rings. The van der Waals surface area contributed by atoms with Crippen LogP contribution >= 0.6 is 22.6 Å². The molecule has 0 amide bonds. The molecule has 1 aliphatic rings. The first-order valence-electron chi connectivity index (χ1n) is 8.13. The number of hydrogen-bond acceptors (Lipinski definition) is 6. The van der Waals surface area contributed by atoms with E-state index in [1.807, 2.05) is 24.3 Å². The molecule has 0 aliphatic carbocycles. The van der Waals surface area contributed by atoms with Crippen molar-refractivity contribution in [3.05, 3.63) is 91.4 Å². The largest absolute Gasteiger partial charge is 0.456 e. The first-order chi connectivity index (χ1) is 13.5. The van der Waals surface area contributed by atoms with Gasteiger partial charge < -0.3 is 9.15 Å². The predicted molar refractivity (Wildman–Crippen MR) is 111 cm³/mol. The number of furan rings is 1. The second-order valence-electron chi connectivity index (χ2n) is 5.82. The van der Waals surface area contributed by atoms with Gasteiger partial charge in [0.1, 0.15) is 11.5 Å². The van der Waals surface area contributed by atoms with E-state index >= 15 is 0 Å². The lowest BCUT2D eigenvalue weighted by molar-refractivity contribution is -0.384. The van der Waals surface area contributed by atoms with Crippen LogP contribution in [0.4, 0.5) is 5.69 Å². The van der Waals surface area contributed by atoms with Crippen LogP contribution in [0.5, 0.6) is 0 Å². The van der Waals surface area contributed by atoms with Gasteiger partial charge in [-0.05, 0) is 65.1 Å². The van der Waals surface area contributed by atoms with Crippen LogP contribution in [0.1, 0.15) is 11.3 Å². The van der Waals surface area contributed by atoms with Gasteiger partial charge in [-0.2, -0.15) is 0 Å². The van der Waals surface area contributed by atoms with Crippen molar-refractivity contribution in [1.29, 1.82) is 0 Å². The maximum absolute atomic E-state index is 12.1. The van der Waals surface area contributed by atoms with E-state index < -0.39 is 10.9 Å². The van der Waals surface area contributed by atoms with Gasteiger partial charge in [-0.15, -0.1) is 0 Å². The number of nitrogens with zero attached hydrogens (tertiary/aromatic N) is 2. The van der Waals surface area contributed by atoms with E-state index in [1.165, 1.54) is 12.1 Å². The average Bonchev–Trinajstić information content (AvgIpc) is 3.30. The lowest BCUT2D eigenvalue weighted by Gasteiger charge is -1.98. The van der Waals surface area contributed by atoms with Crippen LogP contribution in [0.2, 0.25) is 0 Å². The topological polar surface area (TPSA) is 94.9 Å². The highest BCUT2D eigenvalue weighted by atomic mass is 127. The van der Waals surface area contributed by atoms with E-state index in [2.05, 4.69) is 27.6 Å². The molecule has 8 heteroatoms. The van der Waals surface area contributed by atoms with Gasteiger partial charge in [0.2, 0.25) is 5.90 Å². The predicted octanol–water partition coefficient (Wildman–Crippen LogP) is 4.80. The number of esters is 1. The fraction of sp³-hybridized carbons (Fsp3) is 0. The number of aliphatic imine (C=N–C) groups is 1. The van der Waals surface area contributed by atoms with Crippen molar-refractivity contribution in [3.8, 4) is 11.3 Å². The molecule has 0 radical (unpaired) electrons. The van der Waals surface area contributed by atoms with Crippen molar-refractivity contribution >= 4 is 46.2 Å². The molecule has 1 aliphatic heterocycles. The number of hydrogen-bond donors (Lipinski definition) is 0. The fourth-order valence-corrected chi connectivity index (χ4v) is 3.04. The van der Waals surface area contributed by atoms with Crippen molar-refractivity contribution in [1.82, 2.24) is 0 Å². The Hall–Kier alpha value is -3.27. The van der Waals surface area contributed by atoms with E-state index in [0.717, 1.165) is 3.57 Å². The van der Waals surface area contributed by atoms with Gasteiger partial charge in [-0.1, -0.05) is 12.1 Å². The Morgan fingerprint density at radius 1 is 1.04 bits per heavy atom. The zero-order chi connectivity index (χ0) is 19.7. The van der Waals surface area contributed by atoms with Crippen LogP contribution in [0.25, 0.3) is 17.4 Å². The van der Waals surface area contributed by atoms with E-state index in [0.29, 0.717) is 22.6 Å². The summed E-state index contributed by atoms with van der Waals surface area (Å²) in [6.07, 6.45) is 1.44. The van der Waals surface area contributed by atoms with Crippen LogP contribution in [0, 0.1) is 13.7 Å². The van der Waals surface area contributed by atoms with Crippen LogP contribution in [-0.4, -0.2) is 16.8 Å². The highest BCUT2D eigenvalue weighted by Crippen LogP contribution is 2.31. The minimum Gasteiger partial charge on any atom is -0.456 e. The van der Waals surface area contributed by atoms with Gasteiger partial charge in [0.25, 0.3) is 5.69 Å². The minimum atomic E-state index is -0.586. The number of nitro groups is 1. The summed E-state index contributed by atoms with van der Waals surface area (Å²) in [5, 5.41) is 11.2. The molecule has 28 heavy (non-hydrogen) atoms. The molecule has 0 atom stereocenters. The Morgan fingerprint density at radius 3 is 2.54 bits per heavy atom. The zero-order valence-corrected chi connectivity index (χ0v) is 16.3. The molecule has 0 saturated carbocycles. The van der Waals surface area contributed by atoms with E-state index in [-0.39, 0.29) is 17.3 Å². The van der Waals surface area contributed by atoms with Crippen LogP contribution in [-0.2, 0) is 9.53 Å². The van der Waals surface area contributed by atoms with Crippen molar-refractivity contribution in [2.75, 3.05) is 0 Å². The smallest absolute Gasteiger partial charge is 0.363 e. The number of benzene rings is 2. The third-order valence-corrected chi connectivity index (χ3v) is 4.70. The Bertz CT molecular complexity index is 1150. The number of cyclic esters (lactones) is 1. The van der Waals surface area contributed by atoms with Crippen molar-refractivity contribution in [2.45, 2.75) is 0 Å². The van der Waals surface area contributed by atoms with Gasteiger partial charge in [0, 0.05) is 21.3 Å². The van der Waals surface area contributed by atoms with Gasteiger partial charge in [-0.3, -0.25) is 10.1 Å². The van der Waals surface area contributed by atoms with Gasteiger partial charge in [0.15, 0.2) is 5.70 Å². The summed E-state index contributed by atoms with van der Waals surface area (Å²) in [7, 11) is 0. The summed E-state index contributed by atoms with van der Waals surface area (Å²) in [6.45, 7) is 0. The maximum Gasteiger partial charge on any atom is 0.363 e. The van der Waals surface area contributed by atoms with Gasteiger partial charge >= 0.3 is 5.97 Å². The zero-order valence-electron chi connectivity index (χ0n) is 14.2. The molecule has 0 N–H and O–H groups in total. The summed E-state index contributed by atoms with van der Waals surface area (Å²) in [6, 6.07) is 16.9. The highest BCUT2D eigenvalue weighted by Gasteiger charge is 2.25. The number of carbonyl (C=O) groups excluding carboxylic acids is 1. The lowest BCUT2D eigenvalue weighted by Crippen LogP contribution is -2.05. The molecule has 2 aromatic carbocycles. The molecule has 1 aromatic heterocycles. The van der Waals surface area contributed by atoms with Crippen molar-refractivity contribution < 1.29 is 18.9 Å². The van der Waals surface area contributed by atoms with Crippen LogP contribution in [0.3, 0.4) is 0 Å². The number of nitro benzene ring substituents is 1. The highest BCUT2D eigenvalue weighted by molar-refractivity contribution is 14.1. The molecule has 7 nitrogen and oxygen atoms in total. The Labute approximate surface area is 172 Å². The summed E-state index contributed by atoms with van der Waals surface area (Å²) in [5.41, 5.74) is 1.08. The molecule has 0 unspecified atom stereocenters. The number of rotatable bonds is 4. The third-order valence-electron chi connectivity index (χ3n) is 3.98. The fourth-order valence-electron chi connectivity index (χ4n) is 2.68. The summed E-state index contributed by atoms with van der Waals surface area (Å²) >= 11 is 2.18. The Kier molecular flexibility index (Phi) is 4.78. The Morgan fingerprint density at radius 2 is 1.79 bits per heavy atom. The number of carbonyl (C=O) groups is 1. The van der Waals surface area contributed by atoms with Gasteiger partial charge in [-0.25, -0.2) is 9.79 Å². The molecule has 0 spiro atoms. The number of ether oxygens (including phenoxy) is 1. The SMILES string of the molecule is O=C1OC(c2ccc(I)cc2)=N/C1=C\c1ccc(-c2ccccc2[N+](=O)[O-])o1. The first kappa shape index (κ1) is 18.1. The maximum atomic E-state index is 12.1. The van der Waals surface area contributed by atoms with E-state index in [9.17, 15) is 14.9 Å². The minimum absolute atomic E-state index is 0.0599. The van der Waals surface area contributed by atoms with Crippen LogP contribution in [0.15, 0.2) is 75.8 Å². The lowest BCUT2D eigenvalue weighted by atomic mass is 10.1. The molecule has 3 aromatic rings. The molecular weight excluding hydrogens is 475 g/mol. The van der Waals surface area contributed by atoms with Crippen molar-refractivity contribution in [2.24, 2.45) is 4.99 Å². The second kappa shape index (κ2) is 7.39. The van der Waals surface area contributed by atoms with Crippen molar-refractivity contribution in [3.63, 3.8) is 0 Å². The first-order valence-corrected chi connectivity index (χ1v) is 9.21. The van der Waals surface area contributed by atoms with Crippen LogP contribution < -0.4 is 0 Å². The molecular formula is C20H11IN2O5. The summed E-state index contributed by atoms with van der Waals surface area (Å²) in [5.74, 6) is 0.301. The standard InChI is InChI=1S/C20H11IN2O5/c21-13-7-5-12(6-8-13)19-22-16(20(24)28-19)11-14-9-10-18(27-14)15-3-1-2-4-17(15)23(25)26/h1-11H/b16-11-. The third kappa shape index (κ3) is 3.58. The number of halogens is 1. The Balaban J connectivity index is 1.65. The molecule has 0 bridgehead atoms. The van der Waals surface area contributed by atoms with E-state index in [4.69, 9.17) is 9.15 Å². The average molecular weight is 486 g/mol. The molecule has 138 valence electrons. The van der Waals surface area contributed by atoms with E-state index in [1.54, 1.807) is 30.3 Å². The molecule has 2 heterocycles.